The summed E-state index contributed by atoms with van der Waals surface area (Å²) < 4.78 is 11.9. The van der Waals surface area contributed by atoms with Gasteiger partial charge in [-0.2, -0.15) is 0 Å². The molecule has 0 amide bonds. The first-order valence-corrected chi connectivity index (χ1v) is 5.97. The maximum atomic E-state index is 11.9. The van der Waals surface area contributed by atoms with Crippen molar-refractivity contribution < 1.29 is 4.21 Å². The lowest BCUT2D eigenvalue weighted by molar-refractivity contribution is 0.667. The van der Waals surface area contributed by atoms with Crippen LogP contribution in [0.3, 0.4) is 0 Å². The van der Waals surface area contributed by atoms with Crippen LogP contribution in [0.2, 0.25) is 5.15 Å². The van der Waals surface area contributed by atoms with E-state index in [4.69, 9.17) is 11.6 Å². The van der Waals surface area contributed by atoms with E-state index in [1.165, 1.54) is 0 Å². The Morgan fingerprint density at radius 2 is 2.27 bits per heavy atom. The van der Waals surface area contributed by atoms with Gasteiger partial charge in [0.05, 0.1) is 16.0 Å². The van der Waals surface area contributed by atoms with Crippen LogP contribution in [0.1, 0.15) is 6.42 Å². The van der Waals surface area contributed by atoms with Gasteiger partial charge in [-0.3, -0.25) is 4.21 Å². The predicted octanol–water partition coefficient (Wildman–Crippen LogP) is 1.02. The minimum absolute atomic E-state index is 0. The second-order valence-corrected chi connectivity index (χ2v) is 5.17. The molecule has 0 spiro atoms. The van der Waals surface area contributed by atoms with Crippen LogP contribution >= 0.6 is 24.0 Å². The van der Waals surface area contributed by atoms with Gasteiger partial charge in [0.2, 0.25) is 0 Å². The molecule has 0 radical (unpaired) electrons. The highest BCUT2D eigenvalue weighted by Crippen LogP contribution is 2.14. The second-order valence-electron chi connectivity index (χ2n) is 3.11. The Hall–Kier alpha value is -0.230. The normalized spacial score (nSPS) is 22.1. The van der Waals surface area contributed by atoms with Gasteiger partial charge in [-0.25, -0.2) is 0 Å². The van der Waals surface area contributed by atoms with Crippen LogP contribution in [-0.4, -0.2) is 32.7 Å². The summed E-state index contributed by atoms with van der Waals surface area (Å²) in [4.78, 5) is 0. The van der Waals surface area contributed by atoms with E-state index in [9.17, 15) is 4.21 Å². The fraction of sp³-hybridized carbons (Fsp3) is 0.500. The molecule has 0 bridgehead atoms. The summed E-state index contributed by atoms with van der Waals surface area (Å²) >= 11 is 5.59. The van der Waals surface area contributed by atoms with Gasteiger partial charge in [0, 0.05) is 6.54 Å². The Balaban J connectivity index is 0.00000112. The third kappa shape index (κ3) is 3.11. The van der Waals surface area contributed by atoms with Crippen LogP contribution in [0, 0.1) is 0 Å². The first-order chi connectivity index (χ1) is 6.77. The monoisotopic (exact) mass is 267 g/mol. The Morgan fingerprint density at radius 3 is 2.80 bits per heavy atom. The summed E-state index contributed by atoms with van der Waals surface area (Å²) in [6.45, 7) is 1.72. The van der Waals surface area contributed by atoms with Crippen LogP contribution in [0.25, 0.3) is 0 Å². The number of nitrogens with one attached hydrogen (secondary N) is 1. The molecule has 15 heavy (non-hydrogen) atoms. The van der Waals surface area contributed by atoms with Crippen LogP contribution in [0.15, 0.2) is 17.2 Å². The summed E-state index contributed by atoms with van der Waals surface area (Å²) in [6, 6.07) is 3.29. The van der Waals surface area contributed by atoms with E-state index >= 15 is 0 Å². The largest absolute Gasteiger partial charge is 0.315 e. The summed E-state index contributed by atoms with van der Waals surface area (Å²) in [5, 5.41) is 11.7. The maximum Gasteiger partial charge on any atom is 0.151 e. The molecule has 0 aromatic carbocycles. The van der Waals surface area contributed by atoms with Gasteiger partial charge in [0.25, 0.3) is 0 Å². The van der Waals surface area contributed by atoms with Gasteiger partial charge in [-0.05, 0) is 25.1 Å². The molecule has 1 aromatic rings. The molecule has 0 unspecified atom stereocenters. The number of aromatic nitrogens is 2. The molecule has 7 heteroatoms. The molecule has 1 saturated heterocycles. The average molecular weight is 268 g/mol. The SMILES string of the molecule is Cl.O=[S@@](c1ccc(Cl)nn1)[C@H]1CCNC1. The van der Waals surface area contributed by atoms with Crippen molar-refractivity contribution in [3.8, 4) is 0 Å². The number of halogens is 2. The molecule has 2 atom stereocenters. The number of rotatable bonds is 2. The van der Waals surface area contributed by atoms with E-state index in [-0.39, 0.29) is 17.7 Å². The highest BCUT2D eigenvalue weighted by atomic mass is 35.5. The molecular weight excluding hydrogens is 257 g/mol. The fourth-order valence-corrected chi connectivity index (χ4v) is 2.76. The van der Waals surface area contributed by atoms with E-state index in [0.717, 1.165) is 19.5 Å². The van der Waals surface area contributed by atoms with Crippen molar-refractivity contribution in [1.82, 2.24) is 15.5 Å². The van der Waals surface area contributed by atoms with Gasteiger partial charge in [0.15, 0.2) is 5.15 Å². The first-order valence-electron chi connectivity index (χ1n) is 4.38. The van der Waals surface area contributed by atoms with E-state index in [1.807, 2.05) is 0 Å². The van der Waals surface area contributed by atoms with Crippen molar-refractivity contribution >= 4 is 34.8 Å². The third-order valence-corrected chi connectivity index (χ3v) is 3.97. The quantitative estimate of drug-likeness (QED) is 0.870. The van der Waals surface area contributed by atoms with Crippen LogP contribution < -0.4 is 5.32 Å². The molecule has 4 nitrogen and oxygen atoms in total. The minimum atomic E-state index is -1.06. The molecule has 84 valence electrons. The van der Waals surface area contributed by atoms with Crippen molar-refractivity contribution in [1.29, 1.82) is 0 Å². The molecule has 0 aliphatic carbocycles. The molecular formula is C8H11Cl2N3OS. The summed E-state index contributed by atoms with van der Waals surface area (Å²) in [6.07, 6.45) is 0.927. The van der Waals surface area contributed by atoms with Gasteiger partial charge in [-0.1, -0.05) is 11.6 Å². The smallest absolute Gasteiger partial charge is 0.151 e. The van der Waals surface area contributed by atoms with E-state index in [1.54, 1.807) is 12.1 Å². The summed E-state index contributed by atoms with van der Waals surface area (Å²) in [7, 11) is -1.06. The average Bonchev–Trinajstić information content (AvgIpc) is 2.71. The van der Waals surface area contributed by atoms with Gasteiger partial charge < -0.3 is 5.32 Å². The Labute approximate surface area is 102 Å². The van der Waals surface area contributed by atoms with Crippen molar-refractivity contribution in [3.63, 3.8) is 0 Å². The number of hydrogen-bond donors (Lipinski definition) is 1. The Morgan fingerprint density at radius 1 is 1.47 bits per heavy atom. The maximum absolute atomic E-state index is 11.9. The fourth-order valence-electron chi connectivity index (χ4n) is 1.39. The van der Waals surface area contributed by atoms with Crippen molar-refractivity contribution in [2.75, 3.05) is 13.1 Å². The lowest BCUT2D eigenvalue weighted by Crippen LogP contribution is -2.19. The zero-order valence-electron chi connectivity index (χ0n) is 7.85. The van der Waals surface area contributed by atoms with E-state index in [2.05, 4.69) is 15.5 Å². The number of nitrogens with zero attached hydrogens (tertiary/aromatic N) is 2. The molecule has 1 aliphatic rings. The third-order valence-electron chi connectivity index (χ3n) is 2.13. The number of hydrogen-bond acceptors (Lipinski definition) is 4. The first kappa shape index (κ1) is 12.8. The van der Waals surface area contributed by atoms with Crippen LogP contribution in [0.4, 0.5) is 0 Å². The van der Waals surface area contributed by atoms with Gasteiger partial charge >= 0.3 is 0 Å². The predicted molar refractivity (Wildman–Crippen MR) is 62.0 cm³/mol. The lowest BCUT2D eigenvalue weighted by Gasteiger charge is -2.06. The van der Waals surface area contributed by atoms with Gasteiger partial charge in [0.1, 0.15) is 5.03 Å². The van der Waals surface area contributed by atoms with Crippen molar-refractivity contribution in [3.05, 3.63) is 17.3 Å². The van der Waals surface area contributed by atoms with Crippen LogP contribution in [0.5, 0.6) is 0 Å². The Kier molecular flexibility index (Phi) is 4.92. The van der Waals surface area contributed by atoms with Crippen LogP contribution in [-0.2, 0) is 10.8 Å². The zero-order valence-corrected chi connectivity index (χ0v) is 10.2. The van der Waals surface area contributed by atoms with Crippen molar-refractivity contribution in [2.24, 2.45) is 0 Å². The second kappa shape index (κ2) is 5.75. The highest BCUT2D eigenvalue weighted by Gasteiger charge is 2.23. The lowest BCUT2D eigenvalue weighted by atomic mass is 10.4. The molecule has 1 N–H and O–H groups in total. The minimum Gasteiger partial charge on any atom is -0.315 e. The Bertz CT molecular complexity index is 340. The molecule has 1 fully saturated rings. The summed E-state index contributed by atoms with van der Waals surface area (Å²) in [5.41, 5.74) is 0. The zero-order chi connectivity index (χ0) is 9.97. The van der Waals surface area contributed by atoms with Gasteiger partial charge in [-0.15, -0.1) is 22.6 Å². The standard InChI is InChI=1S/C8H10ClN3OS.ClH/c9-7-1-2-8(12-11-7)14(13)6-3-4-10-5-6;/h1-2,6,10H,3-5H2;1H/t6-,14+;/m0./s1. The molecule has 2 rings (SSSR count). The topological polar surface area (TPSA) is 54.9 Å². The molecule has 1 aliphatic heterocycles. The highest BCUT2D eigenvalue weighted by molar-refractivity contribution is 7.85. The molecule has 0 saturated carbocycles. The van der Waals surface area contributed by atoms with E-state index in [0.29, 0.717) is 10.2 Å². The molecule has 2 heterocycles. The summed E-state index contributed by atoms with van der Waals surface area (Å²) in [5.74, 6) is 0. The molecule has 1 aromatic heterocycles. The van der Waals surface area contributed by atoms with E-state index < -0.39 is 10.8 Å². The van der Waals surface area contributed by atoms with Crippen molar-refractivity contribution in [2.45, 2.75) is 16.7 Å².